The third-order valence-corrected chi connectivity index (χ3v) is 2.60. The third-order valence-electron chi connectivity index (χ3n) is 2.49. The van der Waals surface area contributed by atoms with Gasteiger partial charge in [0.25, 0.3) is 0 Å². The van der Waals surface area contributed by atoms with Gasteiger partial charge in [-0.1, -0.05) is 18.7 Å². The summed E-state index contributed by atoms with van der Waals surface area (Å²) >= 11 is 3.61. The molecule has 2 atom stereocenters. The molecule has 3 nitrogen and oxygen atoms in total. The van der Waals surface area contributed by atoms with E-state index in [1.54, 1.807) is 0 Å². The Morgan fingerprint density at radius 2 is 2.29 bits per heavy atom. The molecule has 2 unspecified atom stereocenters. The number of carbonyl (C=O) groups is 1. The summed E-state index contributed by atoms with van der Waals surface area (Å²) in [5.41, 5.74) is 0. The molecule has 14 heavy (non-hydrogen) atoms. The van der Waals surface area contributed by atoms with Gasteiger partial charge < -0.3 is 10.1 Å². The first kappa shape index (κ1) is 11.6. The Morgan fingerprint density at radius 3 is 2.93 bits per heavy atom. The van der Waals surface area contributed by atoms with Gasteiger partial charge in [0.2, 0.25) is 0 Å². The van der Waals surface area contributed by atoms with Crippen molar-refractivity contribution in [3.8, 4) is 0 Å². The minimum atomic E-state index is -0.499. The molecule has 0 aliphatic heterocycles. The highest BCUT2D eigenvalue weighted by atomic mass is 32.1. The van der Waals surface area contributed by atoms with Crippen LogP contribution in [0.5, 0.6) is 0 Å². The van der Waals surface area contributed by atoms with Crippen LogP contribution in [0.1, 0.15) is 25.7 Å². The number of hydrogen-bond donors (Lipinski definition) is 2. The summed E-state index contributed by atoms with van der Waals surface area (Å²) in [6, 6.07) is 0.529. The Bertz CT molecular complexity index is 218. The van der Waals surface area contributed by atoms with Crippen LogP contribution in [-0.2, 0) is 4.74 Å². The molecule has 1 aliphatic carbocycles. The third kappa shape index (κ3) is 4.15. The van der Waals surface area contributed by atoms with E-state index in [0.717, 1.165) is 25.7 Å². The second-order valence-electron chi connectivity index (χ2n) is 3.49. The second-order valence-corrected chi connectivity index (χ2v) is 3.86. The van der Waals surface area contributed by atoms with Crippen molar-refractivity contribution in [2.45, 2.75) is 37.8 Å². The van der Waals surface area contributed by atoms with Gasteiger partial charge in [-0.3, -0.25) is 0 Å². The van der Waals surface area contributed by atoms with Gasteiger partial charge in [0.15, 0.2) is 0 Å². The summed E-state index contributed by atoms with van der Waals surface area (Å²) in [7, 11) is 1.97. The molecular weight excluding hydrogens is 198 g/mol. The maximum absolute atomic E-state index is 10.7. The molecule has 0 bridgehead atoms. The molecule has 0 amide bonds. The van der Waals surface area contributed by atoms with Crippen molar-refractivity contribution < 1.29 is 9.53 Å². The maximum atomic E-state index is 10.7. The SMILES string of the molecule is CNC1CCC=CC(OC(=O)S)CC1. The van der Waals surface area contributed by atoms with Crippen LogP contribution in [0.15, 0.2) is 12.2 Å². The van der Waals surface area contributed by atoms with Crippen LogP contribution in [0.3, 0.4) is 0 Å². The average molecular weight is 215 g/mol. The monoisotopic (exact) mass is 215 g/mol. The largest absolute Gasteiger partial charge is 0.450 e. The standard InChI is InChI=1S/C10H17NO2S/c1-11-8-4-2-3-5-9(7-6-8)13-10(12)14/h3,5,8-9,11H,2,4,6-7H2,1H3,(H,12,14). The van der Waals surface area contributed by atoms with Crippen molar-refractivity contribution in [1.82, 2.24) is 5.32 Å². The lowest BCUT2D eigenvalue weighted by Gasteiger charge is -2.20. The van der Waals surface area contributed by atoms with E-state index < -0.39 is 5.30 Å². The van der Waals surface area contributed by atoms with E-state index in [-0.39, 0.29) is 6.10 Å². The topological polar surface area (TPSA) is 38.3 Å². The Kier molecular flexibility index (Phi) is 5.04. The highest BCUT2D eigenvalue weighted by molar-refractivity contribution is 7.96. The minimum absolute atomic E-state index is 0.101. The fourth-order valence-corrected chi connectivity index (χ4v) is 1.80. The van der Waals surface area contributed by atoms with E-state index in [1.165, 1.54) is 0 Å². The van der Waals surface area contributed by atoms with Crippen molar-refractivity contribution in [3.05, 3.63) is 12.2 Å². The summed E-state index contributed by atoms with van der Waals surface area (Å²) in [6.07, 6.45) is 8.02. The number of allylic oxidation sites excluding steroid dienone is 1. The summed E-state index contributed by atoms with van der Waals surface area (Å²) in [5.74, 6) is 0. The van der Waals surface area contributed by atoms with E-state index in [9.17, 15) is 4.79 Å². The molecule has 1 aliphatic rings. The smallest absolute Gasteiger partial charge is 0.364 e. The first-order valence-corrected chi connectivity index (χ1v) is 5.40. The first-order valence-electron chi connectivity index (χ1n) is 4.96. The normalized spacial score (nSPS) is 27.9. The summed E-state index contributed by atoms with van der Waals surface area (Å²) in [5, 5.41) is 2.75. The van der Waals surface area contributed by atoms with E-state index in [0.29, 0.717) is 6.04 Å². The zero-order valence-electron chi connectivity index (χ0n) is 8.40. The second kappa shape index (κ2) is 6.09. The number of nitrogens with one attached hydrogen (secondary N) is 1. The molecule has 0 heterocycles. The molecule has 1 N–H and O–H groups in total. The zero-order chi connectivity index (χ0) is 10.4. The van der Waals surface area contributed by atoms with Gasteiger partial charge >= 0.3 is 5.30 Å². The first-order chi connectivity index (χ1) is 6.72. The van der Waals surface area contributed by atoms with Gasteiger partial charge in [-0.15, -0.1) is 0 Å². The van der Waals surface area contributed by atoms with Crippen molar-refractivity contribution in [2.75, 3.05) is 7.05 Å². The molecule has 0 saturated heterocycles. The Morgan fingerprint density at radius 1 is 1.50 bits per heavy atom. The predicted molar refractivity (Wildman–Crippen MR) is 59.7 cm³/mol. The molecule has 80 valence electrons. The van der Waals surface area contributed by atoms with Gasteiger partial charge in [-0.05, 0) is 38.8 Å². The molecule has 1 rings (SSSR count). The van der Waals surface area contributed by atoms with Crippen LogP contribution in [0.4, 0.5) is 4.79 Å². The van der Waals surface area contributed by atoms with Gasteiger partial charge in [0, 0.05) is 6.04 Å². The van der Waals surface area contributed by atoms with Crippen molar-refractivity contribution in [3.63, 3.8) is 0 Å². The average Bonchev–Trinajstić information content (AvgIpc) is 2.10. The van der Waals surface area contributed by atoms with Gasteiger partial charge in [-0.25, -0.2) is 4.79 Å². The Labute approximate surface area is 90.3 Å². The maximum Gasteiger partial charge on any atom is 0.364 e. The lowest BCUT2D eigenvalue weighted by Crippen LogP contribution is -2.27. The van der Waals surface area contributed by atoms with Crippen molar-refractivity contribution in [1.29, 1.82) is 0 Å². The summed E-state index contributed by atoms with van der Waals surface area (Å²) in [6.45, 7) is 0. The minimum Gasteiger partial charge on any atom is -0.450 e. The Balaban J connectivity index is 2.44. The number of thiol groups is 1. The number of ether oxygens (including phenoxy) is 1. The molecule has 0 fully saturated rings. The molecule has 4 heteroatoms. The van der Waals surface area contributed by atoms with Crippen LogP contribution >= 0.6 is 12.6 Å². The van der Waals surface area contributed by atoms with Crippen LogP contribution < -0.4 is 5.32 Å². The molecule has 0 saturated carbocycles. The van der Waals surface area contributed by atoms with E-state index in [2.05, 4.69) is 24.0 Å². The van der Waals surface area contributed by atoms with E-state index in [4.69, 9.17) is 4.74 Å². The molecule has 0 aromatic heterocycles. The highest BCUT2D eigenvalue weighted by Gasteiger charge is 2.14. The molecular formula is C10H17NO2S. The fourth-order valence-electron chi connectivity index (χ4n) is 1.67. The van der Waals surface area contributed by atoms with E-state index >= 15 is 0 Å². The van der Waals surface area contributed by atoms with Crippen LogP contribution in [-0.4, -0.2) is 24.5 Å². The zero-order valence-corrected chi connectivity index (χ0v) is 9.30. The molecule has 0 aromatic carbocycles. The van der Waals surface area contributed by atoms with E-state index in [1.807, 2.05) is 13.1 Å². The predicted octanol–water partition coefficient (Wildman–Crippen LogP) is 2.14. The van der Waals surface area contributed by atoms with Gasteiger partial charge in [0.1, 0.15) is 6.10 Å². The van der Waals surface area contributed by atoms with Crippen molar-refractivity contribution in [2.24, 2.45) is 0 Å². The fraction of sp³-hybridized carbons (Fsp3) is 0.700. The quantitative estimate of drug-likeness (QED) is 0.421. The lowest BCUT2D eigenvalue weighted by atomic mass is 10.00. The summed E-state index contributed by atoms with van der Waals surface area (Å²) < 4.78 is 5.03. The van der Waals surface area contributed by atoms with Crippen molar-refractivity contribution >= 4 is 17.9 Å². The molecule has 0 radical (unpaired) electrons. The lowest BCUT2D eigenvalue weighted by molar-refractivity contribution is 0.138. The highest BCUT2D eigenvalue weighted by Crippen LogP contribution is 2.15. The number of hydrogen-bond acceptors (Lipinski definition) is 3. The number of rotatable bonds is 2. The van der Waals surface area contributed by atoms with Crippen LogP contribution in [0.25, 0.3) is 0 Å². The van der Waals surface area contributed by atoms with Crippen LogP contribution in [0, 0.1) is 0 Å². The van der Waals surface area contributed by atoms with Gasteiger partial charge in [0.05, 0.1) is 0 Å². The number of carbonyl (C=O) groups excluding carboxylic acids is 1. The van der Waals surface area contributed by atoms with Crippen LogP contribution in [0.2, 0.25) is 0 Å². The van der Waals surface area contributed by atoms with Gasteiger partial charge in [-0.2, -0.15) is 0 Å². The molecule has 0 spiro atoms. The molecule has 0 aromatic rings. The summed E-state index contributed by atoms with van der Waals surface area (Å²) in [4.78, 5) is 10.7. The Hall–Kier alpha value is -0.480.